The molecule has 2 aromatic carbocycles. The van der Waals surface area contributed by atoms with Gasteiger partial charge in [-0.05, 0) is 61.3 Å². The first-order valence-corrected chi connectivity index (χ1v) is 9.96. The predicted molar refractivity (Wildman–Crippen MR) is 116 cm³/mol. The van der Waals surface area contributed by atoms with Gasteiger partial charge in [0, 0.05) is 37.3 Å². The van der Waals surface area contributed by atoms with Gasteiger partial charge < -0.3 is 4.90 Å². The van der Waals surface area contributed by atoms with E-state index in [1.165, 1.54) is 5.56 Å². The van der Waals surface area contributed by atoms with Crippen LogP contribution in [-0.2, 0) is 11.3 Å². The second kappa shape index (κ2) is 9.71. The van der Waals surface area contributed by atoms with Crippen LogP contribution in [0.5, 0.6) is 0 Å². The van der Waals surface area contributed by atoms with Crippen molar-refractivity contribution in [3.8, 4) is 0 Å². The minimum atomic E-state index is 0.00676. The van der Waals surface area contributed by atoms with Crippen molar-refractivity contribution in [2.24, 2.45) is 11.0 Å². The molecule has 1 N–H and O–H groups in total. The van der Waals surface area contributed by atoms with Gasteiger partial charge in [0.25, 0.3) is 0 Å². The van der Waals surface area contributed by atoms with E-state index in [0.29, 0.717) is 0 Å². The van der Waals surface area contributed by atoms with Crippen molar-refractivity contribution in [1.82, 2.24) is 10.3 Å². The Morgan fingerprint density at radius 1 is 1.14 bits per heavy atom. The summed E-state index contributed by atoms with van der Waals surface area (Å²) in [5.74, 6) is 0.0297. The number of halogens is 1. The molecular weight excluding hydrogens is 372 g/mol. The average molecular weight is 399 g/mol. The predicted octanol–water partition coefficient (Wildman–Crippen LogP) is 3.77. The zero-order valence-corrected chi connectivity index (χ0v) is 17.2. The molecule has 0 bridgehead atoms. The molecule has 148 valence electrons. The Kier molecular flexibility index (Phi) is 7.06. The number of carbonyl (C=O) groups excluding carboxylic acids is 1. The summed E-state index contributed by atoms with van der Waals surface area (Å²) in [5.41, 5.74) is 6.04. The Morgan fingerprint density at radius 2 is 1.79 bits per heavy atom. The summed E-state index contributed by atoms with van der Waals surface area (Å²) in [6.45, 7) is 2.72. The number of carbonyl (C=O) groups is 1. The second-order valence-corrected chi connectivity index (χ2v) is 7.83. The van der Waals surface area contributed by atoms with Crippen molar-refractivity contribution in [3.05, 3.63) is 64.7 Å². The number of benzene rings is 2. The average Bonchev–Trinajstić information content (AvgIpc) is 2.70. The standard InChI is InChI=1S/C22H27ClN4O/c1-26(2)21-9-5-17(6-10-21)15-24-25-22(28)19-11-13-27(14-12-19)16-18-3-7-20(23)8-4-18/h3-10,15,19H,11-14,16H2,1-2H3,(H,25,28)/b24-15+. The summed E-state index contributed by atoms with van der Waals surface area (Å²) in [6, 6.07) is 16.0. The van der Waals surface area contributed by atoms with Gasteiger partial charge in [0.15, 0.2) is 0 Å². The fraction of sp³-hybridized carbons (Fsp3) is 0.364. The highest BCUT2D eigenvalue weighted by atomic mass is 35.5. The third-order valence-corrected chi connectivity index (χ3v) is 5.33. The zero-order chi connectivity index (χ0) is 19.9. The number of hydrazone groups is 1. The van der Waals surface area contributed by atoms with Crippen molar-refractivity contribution in [2.75, 3.05) is 32.1 Å². The van der Waals surface area contributed by atoms with Crippen LogP contribution in [0.1, 0.15) is 24.0 Å². The zero-order valence-electron chi connectivity index (χ0n) is 16.4. The van der Waals surface area contributed by atoms with Crippen molar-refractivity contribution < 1.29 is 4.79 Å². The maximum absolute atomic E-state index is 12.4. The SMILES string of the molecule is CN(C)c1ccc(/C=N/NC(=O)C2CCN(Cc3ccc(Cl)cc3)CC2)cc1. The molecule has 0 aliphatic carbocycles. The number of nitrogens with one attached hydrogen (secondary N) is 1. The van der Waals surface area contributed by atoms with E-state index in [-0.39, 0.29) is 11.8 Å². The Morgan fingerprint density at radius 3 is 2.39 bits per heavy atom. The highest BCUT2D eigenvalue weighted by Crippen LogP contribution is 2.20. The van der Waals surface area contributed by atoms with Crippen LogP contribution < -0.4 is 10.3 Å². The summed E-state index contributed by atoms with van der Waals surface area (Å²) in [7, 11) is 4.01. The molecule has 6 heteroatoms. The highest BCUT2D eigenvalue weighted by molar-refractivity contribution is 6.30. The van der Waals surface area contributed by atoms with Gasteiger partial charge >= 0.3 is 0 Å². The van der Waals surface area contributed by atoms with E-state index in [0.717, 1.165) is 48.7 Å². The van der Waals surface area contributed by atoms with Gasteiger partial charge in [-0.2, -0.15) is 5.10 Å². The topological polar surface area (TPSA) is 47.9 Å². The van der Waals surface area contributed by atoms with Crippen LogP contribution in [0.4, 0.5) is 5.69 Å². The Hall–Kier alpha value is -2.37. The van der Waals surface area contributed by atoms with E-state index in [9.17, 15) is 4.79 Å². The van der Waals surface area contributed by atoms with Crippen molar-refractivity contribution in [1.29, 1.82) is 0 Å². The number of likely N-dealkylation sites (tertiary alicyclic amines) is 1. The lowest BCUT2D eigenvalue weighted by molar-refractivity contribution is -0.126. The maximum atomic E-state index is 12.4. The second-order valence-electron chi connectivity index (χ2n) is 7.40. The Balaban J connectivity index is 1.42. The van der Waals surface area contributed by atoms with Crippen molar-refractivity contribution in [3.63, 3.8) is 0 Å². The van der Waals surface area contributed by atoms with Gasteiger partial charge in [-0.1, -0.05) is 35.9 Å². The Labute approximate surface area is 172 Å². The molecular formula is C22H27ClN4O. The van der Waals surface area contributed by atoms with Crippen LogP contribution in [0, 0.1) is 5.92 Å². The molecule has 3 rings (SSSR count). The number of piperidine rings is 1. The first kappa shape index (κ1) is 20.4. The minimum absolute atomic E-state index is 0.00676. The monoisotopic (exact) mass is 398 g/mol. The summed E-state index contributed by atoms with van der Waals surface area (Å²) in [6.07, 6.45) is 3.39. The molecule has 0 saturated carbocycles. The molecule has 2 aromatic rings. The molecule has 5 nitrogen and oxygen atoms in total. The van der Waals surface area contributed by atoms with Gasteiger partial charge in [0.1, 0.15) is 0 Å². The fourth-order valence-electron chi connectivity index (χ4n) is 3.32. The lowest BCUT2D eigenvalue weighted by Gasteiger charge is -2.30. The third-order valence-electron chi connectivity index (χ3n) is 5.08. The molecule has 1 aliphatic rings. The van der Waals surface area contributed by atoms with Crippen LogP contribution in [0.2, 0.25) is 5.02 Å². The van der Waals surface area contributed by atoms with E-state index in [4.69, 9.17) is 11.6 Å². The van der Waals surface area contributed by atoms with Gasteiger partial charge in [-0.15, -0.1) is 0 Å². The van der Waals surface area contributed by atoms with Crippen LogP contribution in [0.3, 0.4) is 0 Å². The number of hydrogen-bond donors (Lipinski definition) is 1. The highest BCUT2D eigenvalue weighted by Gasteiger charge is 2.24. The van der Waals surface area contributed by atoms with E-state index in [1.807, 2.05) is 55.4 Å². The van der Waals surface area contributed by atoms with E-state index in [2.05, 4.69) is 27.6 Å². The summed E-state index contributed by atoms with van der Waals surface area (Å²) >= 11 is 5.94. The van der Waals surface area contributed by atoms with Crippen LogP contribution in [-0.4, -0.2) is 44.2 Å². The van der Waals surface area contributed by atoms with Gasteiger partial charge in [0.05, 0.1) is 6.21 Å². The summed E-state index contributed by atoms with van der Waals surface area (Å²) in [4.78, 5) is 16.8. The molecule has 1 heterocycles. The molecule has 0 radical (unpaired) electrons. The Bertz CT molecular complexity index is 794. The first-order chi connectivity index (χ1) is 13.5. The molecule has 0 spiro atoms. The van der Waals surface area contributed by atoms with Gasteiger partial charge in [-0.3, -0.25) is 9.69 Å². The summed E-state index contributed by atoms with van der Waals surface area (Å²) < 4.78 is 0. The first-order valence-electron chi connectivity index (χ1n) is 9.58. The smallest absolute Gasteiger partial charge is 0.243 e. The van der Waals surface area contributed by atoms with E-state index < -0.39 is 0 Å². The number of nitrogens with zero attached hydrogens (tertiary/aromatic N) is 3. The lowest BCUT2D eigenvalue weighted by atomic mass is 9.96. The number of amides is 1. The molecule has 0 atom stereocenters. The largest absolute Gasteiger partial charge is 0.378 e. The van der Waals surface area contributed by atoms with Gasteiger partial charge in [0.2, 0.25) is 5.91 Å². The van der Waals surface area contributed by atoms with E-state index >= 15 is 0 Å². The molecule has 0 aromatic heterocycles. The molecule has 1 aliphatic heterocycles. The van der Waals surface area contributed by atoms with Crippen LogP contribution in [0.25, 0.3) is 0 Å². The molecule has 1 amide bonds. The van der Waals surface area contributed by atoms with Crippen molar-refractivity contribution >= 4 is 29.4 Å². The van der Waals surface area contributed by atoms with Crippen LogP contribution >= 0.6 is 11.6 Å². The summed E-state index contributed by atoms with van der Waals surface area (Å²) in [5, 5.41) is 4.88. The number of hydrogen-bond acceptors (Lipinski definition) is 4. The van der Waals surface area contributed by atoms with Crippen molar-refractivity contribution in [2.45, 2.75) is 19.4 Å². The third kappa shape index (κ3) is 5.81. The molecule has 1 saturated heterocycles. The van der Waals surface area contributed by atoms with Gasteiger partial charge in [-0.25, -0.2) is 5.43 Å². The number of anilines is 1. The molecule has 1 fully saturated rings. The number of rotatable bonds is 6. The maximum Gasteiger partial charge on any atom is 0.243 e. The fourth-order valence-corrected chi connectivity index (χ4v) is 3.45. The minimum Gasteiger partial charge on any atom is -0.378 e. The normalized spacial score (nSPS) is 15.7. The molecule has 28 heavy (non-hydrogen) atoms. The molecule has 0 unspecified atom stereocenters. The quantitative estimate of drug-likeness (QED) is 0.595. The van der Waals surface area contributed by atoms with E-state index in [1.54, 1.807) is 6.21 Å². The van der Waals surface area contributed by atoms with Crippen LogP contribution in [0.15, 0.2) is 53.6 Å². The lowest BCUT2D eigenvalue weighted by Crippen LogP contribution is -2.39.